The Balaban J connectivity index is 2.01. The van der Waals surface area contributed by atoms with E-state index < -0.39 is 0 Å². The second-order valence-electron chi connectivity index (χ2n) is 4.92. The fraction of sp³-hybridized carbons (Fsp3) is 0.250. The van der Waals surface area contributed by atoms with Crippen molar-refractivity contribution in [3.63, 3.8) is 0 Å². The molecule has 0 saturated carbocycles. The van der Waals surface area contributed by atoms with Crippen LogP contribution in [0.3, 0.4) is 0 Å². The highest BCUT2D eigenvalue weighted by Crippen LogP contribution is 2.24. The Morgan fingerprint density at radius 2 is 2.00 bits per heavy atom. The molecule has 0 spiro atoms. The van der Waals surface area contributed by atoms with Gasteiger partial charge < -0.3 is 9.88 Å². The summed E-state index contributed by atoms with van der Waals surface area (Å²) in [4.78, 5) is 8.95. The molecule has 2 heterocycles. The number of likely N-dealkylation sites (N-methyl/N-ethyl adjacent to an activating group) is 1. The molecule has 1 unspecified atom stereocenters. The molecule has 0 aliphatic rings. The minimum absolute atomic E-state index is 0.203. The molecule has 4 heteroatoms. The largest absolute Gasteiger partial charge is 0.338 e. The van der Waals surface area contributed by atoms with Gasteiger partial charge in [-0.25, -0.2) is 4.98 Å². The van der Waals surface area contributed by atoms with Crippen molar-refractivity contribution in [1.82, 2.24) is 19.9 Å². The molecule has 3 aromatic rings. The van der Waals surface area contributed by atoms with Gasteiger partial charge in [0.1, 0.15) is 5.82 Å². The molecule has 1 aromatic carbocycles. The zero-order valence-electron chi connectivity index (χ0n) is 11.7. The van der Waals surface area contributed by atoms with Crippen LogP contribution in [0.15, 0.2) is 48.9 Å². The lowest BCUT2D eigenvalue weighted by Gasteiger charge is -2.18. The van der Waals surface area contributed by atoms with Crippen molar-refractivity contribution in [3.8, 4) is 0 Å². The number of imidazole rings is 1. The van der Waals surface area contributed by atoms with Gasteiger partial charge in [0.2, 0.25) is 0 Å². The highest BCUT2D eigenvalue weighted by atomic mass is 15.0. The van der Waals surface area contributed by atoms with E-state index >= 15 is 0 Å². The lowest BCUT2D eigenvalue weighted by molar-refractivity contribution is 0.566. The number of benzene rings is 1. The average molecular weight is 266 g/mol. The maximum atomic E-state index is 4.53. The molecule has 0 radical (unpaired) electrons. The second kappa shape index (κ2) is 5.43. The number of para-hydroxylation sites is 1. The van der Waals surface area contributed by atoms with Gasteiger partial charge in [-0.3, -0.25) is 4.98 Å². The molecule has 102 valence electrons. The van der Waals surface area contributed by atoms with Gasteiger partial charge in [0.15, 0.2) is 0 Å². The van der Waals surface area contributed by atoms with Crippen molar-refractivity contribution in [1.29, 1.82) is 0 Å². The Morgan fingerprint density at radius 3 is 2.75 bits per heavy atom. The van der Waals surface area contributed by atoms with Gasteiger partial charge in [0.25, 0.3) is 0 Å². The average Bonchev–Trinajstić information content (AvgIpc) is 2.89. The standard InChI is InChI=1S/C16H18N4/c1-17-14(11-15-18-9-10-20(15)2)13-7-3-5-12-6-4-8-19-16(12)13/h3-10,14,17H,11H2,1-2H3. The monoisotopic (exact) mass is 266 g/mol. The molecule has 0 fully saturated rings. The maximum Gasteiger partial charge on any atom is 0.110 e. The number of rotatable bonds is 4. The van der Waals surface area contributed by atoms with Crippen molar-refractivity contribution >= 4 is 10.9 Å². The predicted octanol–water partition coefficient (Wildman–Crippen LogP) is 2.47. The molecular weight excluding hydrogens is 248 g/mol. The fourth-order valence-electron chi connectivity index (χ4n) is 2.55. The Hall–Kier alpha value is -2.20. The summed E-state index contributed by atoms with van der Waals surface area (Å²) in [5, 5.41) is 4.55. The molecule has 0 saturated heterocycles. The third-order valence-electron chi connectivity index (χ3n) is 3.70. The Morgan fingerprint density at radius 1 is 1.15 bits per heavy atom. The van der Waals surface area contributed by atoms with Crippen LogP contribution in [0.1, 0.15) is 17.4 Å². The Kier molecular flexibility index (Phi) is 3.48. The van der Waals surface area contributed by atoms with Crippen molar-refractivity contribution in [2.75, 3.05) is 7.05 Å². The molecule has 4 nitrogen and oxygen atoms in total. The number of nitrogens with one attached hydrogen (secondary N) is 1. The zero-order chi connectivity index (χ0) is 13.9. The van der Waals surface area contributed by atoms with Gasteiger partial charge in [0.05, 0.1) is 5.52 Å². The van der Waals surface area contributed by atoms with Crippen LogP contribution in [0.4, 0.5) is 0 Å². The molecule has 0 bridgehead atoms. The summed E-state index contributed by atoms with van der Waals surface area (Å²) in [6.45, 7) is 0. The highest BCUT2D eigenvalue weighted by molar-refractivity contribution is 5.82. The summed E-state index contributed by atoms with van der Waals surface area (Å²) in [7, 11) is 4.01. The van der Waals surface area contributed by atoms with Gasteiger partial charge in [-0.2, -0.15) is 0 Å². The first-order chi connectivity index (χ1) is 9.79. The smallest absolute Gasteiger partial charge is 0.110 e. The van der Waals surface area contributed by atoms with E-state index in [1.807, 2.05) is 38.8 Å². The van der Waals surface area contributed by atoms with Crippen LogP contribution in [0, 0.1) is 0 Å². The number of hydrogen-bond acceptors (Lipinski definition) is 3. The molecular formula is C16H18N4. The van der Waals surface area contributed by atoms with E-state index in [0.717, 1.165) is 17.8 Å². The summed E-state index contributed by atoms with van der Waals surface area (Å²) in [6, 6.07) is 10.6. The maximum absolute atomic E-state index is 4.53. The molecule has 0 aliphatic carbocycles. The number of hydrogen-bond donors (Lipinski definition) is 1. The van der Waals surface area contributed by atoms with Crippen LogP contribution in [0.2, 0.25) is 0 Å². The van der Waals surface area contributed by atoms with Crippen molar-refractivity contribution < 1.29 is 0 Å². The number of aryl methyl sites for hydroxylation is 1. The highest BCUT2D eigenvalue weighted by Gasteiger charge is 2.15. The number of nitrogens with zero attached hydrogens (tertiary/aromatic N) is 3. The minimum Gasteiger partial charge on any atom is -0.338 e. The van der Waals surface area contributed by atoms with Crippen molar-refractivity contribution in [2.45, 2.75) is 12.5 Å². The van der Waals surface area contributed by atoms with Crippen LogP contribution >= 0.6 is 0 Å². The van der Waals surface area contributed by atoms with E-state index in [0.29, 0.717) is 0 Å². The quantitative estimate of drug-likeness (QED) is 0.789. The lowest BCUT2D eigenvalue weighted by atomic mass is 10.00. The first kappa shape index (κ1) is 12.8. The normalized spacial score (nSPS) is 12.7. The SMILES string of the molecule is CNC(Cc1nccn1C)c1cccc2cccnc12. The second-order valence-corrected chi connectivity index (χ2v) is 4.92. The summed E-state index contributed by atoms with van der Waals surface area (Å²) in [5.41, 5.74) is 2.28. The fourth-order valence-corrected chi connectivity index (χ4v) is 2.55. The zero-order valence-corrected chi connectivity index (χ0v) is 11.7. The summed E-state index contributed by atoms with van der Waals surface area (Å²) < 4.78 is 2.06. The third kappa shape index (κ3) is 2.30. The predicted molar refractivity (Wildman–Crippen MR) is 80.5 cm³/mol. The molecule has 2 aromatic heterocycles. The van der Waals surface area contributed by atoms with Crippen LogP contribution in [0.25, 0.3) is 10.9 Å². The van der Waals surface area contributed by atoms with Crippen LogP contribution < -0.4 is 5.32 Å². The van der Waals surface area contributed by atoms with E-state index in [9.17, 15) is 0 Å². The Bertz CT molecular complexity index is 712. The van der Waals surface area contributed by atoms with Gasteiger partial charge in [-0.1, -0.05) is 24.3 Å². The molecule has 3 rings (SSSR count). The first-order valence-corrected chi connectivity index (χ1v) is 6.76. The number of fused-ring (bicyclic) bond motifs is 1. The van der Waals surface area contributed by atoms with Crippen LogP contribution in [-0.2, 0) is 13.5 Å². The molecule has 1 N–H and O–H groups in total. The summed E-state index contributed by atoms with van der Waals surface area (Å²) >= 11 is 0. The van der Waals surface area contributed by atoms with Gasteiger partial charge in [-0.05, 0) is 18.7 Å². The molecule has 0 aliphatic heterocycles. The van der Waals surface area contributed by atoms with Gasteiger partial charge in [0, 0.05) is 43.5 Å². The van der Waals surface area contributed by atoms with E-state index in [4.69, 9.17) is 0 Å². The van der Waals surface area contributed by atoms with Gasteiger partial charge >= 0.3 is 0 Å². The number of pyridine rings is 1. The topological polar surface area (TPSA) is 42.7 Å². The van der Waals surface area contributed by atoms with Crippen LogP contribution in [-0.4, -0.2) is 21.6 Å². The molecule has 20 heavy (non-hydrogen) atoms. The summed E-state index contributed by atoms with van der Waals surface area (Å²) in [5.74, 6) is 1.07. The van der Waals surface area contributed by atoms with Crippen molar-refractivity contribution in [3.05, 3.63) is 60.3 Å². The van der Waals surface area contributed by atoms with E-state index in [2.05, 4.69) is 44.1 Å². The van der Waals surface area contributed by atoms with Gasteiger partial charge in [-0.15, -0.1) is 0 Å². The summed E-state index contributed by atoms with van der Waals surface area (Å²) in [6.07, 6.45) is 6.50. The Labute approximate surface area is 118 Å². The van der Waals surface area contributed by atoms with E-state index in [1.165, 1.54) is 10.9 Å². The van der Waals surface area contributed by atoms with E-state index in [-0.39, 0.29) is 6.04 Å². The molecule has 0 amide bonds. The lowest BCUT2D eigenvalue weighted by Crippen LogP contribution is -2.21. The van der Waals surface area contributed by atoms with Crippen molar-refractivity contribution in [2.24, 2.45) is 7.05 Å². The molecule has 1 atom stereocenters. The number of aromatic nitrogens is 3. The van der Waals surface area contributed by atoms with E-state index in [1.54, 1.807) is 0 Å². The third-order valence-corrected chi connectivity index (χ3v) is 3.70. The minimum atomic E-state index is 0.203. The van der Waals surface area contributed by atoms with Crippen LogP contribution in [0.5, 0.6) is 0 Å². The first-order valence-electron chi connectivity index (χ1n) is 6.76.